The highest BCUT2D eigenvalue weighted by molar-refractivity contribution is 14.0. The van der Waals surface area contributed by atoms with Gasteiger partial charge >= 0.3 is 0 Å². The predicted molar refractivity (Wildman–Crippen MR) is 116 cm³/mol. The maximum atomic E-state index is 5.63. The maximum Gasteiger partial charge on any atom is 0.191 e. The molecule has 0 saturated carbocycles. The number of hydrogen-bond acceptors (Lipinski definition) is 3. The minimum Gasteiger partial charge on any atom is -0.376 e. The van der Waals surface area contributed by atoms with Gasteiger partial charge in [0.15, 0.2) is 5.96 Å². The predicted octanol–water partition coefficient (Wildman–Crippen LogP) is 2.77. The second kappa shape index (κ2) is 11.2. The maximum absolute atomic E-state index is 5.63. The summed E-state index contributed by atoms with van der Waals surface area (Å²) >= 11 is 0. The Bertz CT molecular complexity index is 651. The normalized spacial score (nSPS) is 17.0. The SMILES string of the molecule is CCNC(=NCC1CCCO1)NCCc1ccc(-n2cccn2)cc1.I. The van der Waals surface area contributed by atoms with E-state index in [-0.39, 0.29) is 30.1 Å². The van der Waals surface area contributed by atoms with Crippen molar-refractivity contribution in [1.29, 1.82) is 0 Å². The number of aliphatic imine (C=N–C) groups is 1. The topological polar surface area (TPSA) is 63.5 Å². The third-order valence-corrected chi connectivity index (χ3v) is 4.23. The number of benzene rings is 1. The smallest absolute Gasteiger partial charge is 0.191 e. The van der Waals surface area contributed by atoms with Crippen molar-refractivity contribution in [2.24, 2.45) is 4.99 Å². The first-order valence-corrected chi connectivity index (χ1v) is 9.08. The van der Waals surface area contributed by atoms with Gasteiger partial charge in [-0.1, -0.05) is 12.1 Å². The number of nitrogens with one attached hydrogen (secondary N) is 2. The molecule has 2 N–H and O–H groups in total. The fraction of sp³-hybridized carbons (Fsp3) is 0.474. The van der Waals surface area contributed by atoms with Gasteiger partial charge in [-0.2, -0.15) is 5.10 Å². The lowest BCUT2D eigenvalue weighted by Gasteiger charge is -2.13. The van der Waals surface area contributed by atoms with Gasteiger partial charge < -0.3 is 15.4 Å². The van der Waals surface area contributed by atoms with Gasteiger partial charge in [0.1, 0.15) is 0 Å². The molecule has 1 fully saturated rings. The van der Waals surface area contributed by atoms with E-state index in [2.05, 4.69) is 51.9 Å². The second-order valence-electron chi connectivity index (χ2n) is 6.15. The lowest BCUT2D eigenvalue weighted by Crippen LogP contribution is -2.38. The standard InChI is InChI=1S/C19H27N5O.HI/c1-2-20-19(22-15-18-5-3-14-25-18)21-12-10-16-6-8-17(9-7-16)24-13-4-11-23-24;/h4,6-9,11,13,18H,2-3,5,10,12,14-15H2,1H3,(H2,20,21,22);1H. The molecule has 0 amide bonds. The van der Waals surface area contributed by atoms with Crippen molar-refractivity contribution >= 4 is 29.9 Å². The van der Waals surface area contributed by atoms with E-state index in [0.717, 1.165) is 57.2 Å². The second-order valence-corrected chi connectivity index (χ2v) is 6.15. The number of rotatable bonds is 7. The van der Waals surface area contributed by atoms with Crippen molar-refractivity contribution in [2.45, 2.75) is 32.3 Å². The molecule has 142 valence electrons. The number of nitrogens with zero attached hydrogens (tertiary/aromatic N) is 3. The molecule has 1 aliphatic rings. The Labute approximate surface area is 172 Å². The fourth-order valence-electron chi connectivity index (χ4n) is 2.89. The van der Waals surface area contributed by atoms with Gasteiger partial charge in [-0.3, -0.25) is 4.99 Å². The van der Waals surface area contributed by atoms with Gasteiger partial charge in [-0.05, 0) is 49.9 Å². The third-order valence-electron chi connectivity index (χ3n) is 4.23. The Morgan fingerprint density at radius 3 is 2.81 bits per heavy atom. The third kappa shape index (κ3) is 6.28. The Morgan fingerprint density at radius 1 is 1.31 bits per heavy atom. The minimum absolute atomic E-state index is 0. The van der Waals surface area contributed by atoms with E-state index in [4.69, 9.17) is 4.74 Å². The van der Waals surface area contributed by atoms with Crippen LogP contribution in [0.5, 0.6) is 0 Å². The van der Waals surface area contributed by atoms with E-state index in [0.29, 0.717) is 0 Å². The molecule has 2 heterocycles. The Hall–Kier alpha value is -1.61. The minimum atomic E-state index is 0. The molecule has 1 aliphatic heterocycles. The summed E-state index contributed by atoms with van der Waals surface area (Å²) in [7, 11) is 0. The van der Waals surface area contributed by atoms with Crippen molar-refractivity contribution in [3.63, 3.8) is 0 Å². The molecule has 1 aromatic carbocycles. The summed E-state index contributed by atoms with van der Waals surface area (Å²) < 4.78 is 7.49. The highest BCUT2D eigenvalue weighted by Crippen LogP contribution is 2.12. The largest absolute Gasteiger partial charge is 0.376 e. The molecule has 0 aliphatic carbocycles. The van der Waals surface area contributed by atoms with Gasteiger partial charge in [0.25, 0.3) is 0 Å². The number of guanidine groups is 1. The van der Waals surface area contributed by atoms with Gasteiger partial charge in [0, 0.05) is 32.1 Å². The van der Waals surface area contributed by atoms with Crippen LogP contribution in [0.2, 0.25) is 0 Å². The molecule has 26 heavy (non-hydrogen) atoms. The Balaban J connectivity index is 0.00000243. The molecular weight excluding hydrogens is 441 g/mol. The average molecular weight is 469 g/mol. The average Bonchev–Trinajstić information content (AvgIpc) is 3.34. The molecule has 0 bridgehead atoms. The van der Waals surface area contributed by atoms with E-state index in [1.165, 1.54) is 5.56 Å². The molecule has 3 rings (SSSR count). The van der Waals surface area contributed by atoms with E-state index in [9.17, 15) is 0 Å². The van der Waals surface area contributed by atoms with Crippen LogP contribution in [0.1, 0.15) is 25.3 Å². The molecule has 1 saturated heterocycles. The van der Waals surface area contributed by atoms with Crippen molar-refractivity contribution in [3.05, 3.63) is 48.3 Å². The summed E-state index contributed by atoms with van der Waals surface area (Å²) in [6, 6.07) is 10.4. The van der Waals surface area contributed by atoms with Crippen molar-refractivity contribution in [1.82, 2.24) is 20.4 Å². The highest BCUT2D eigenvalue weighted by atomic mass is 127. The molecule has 6 nitrogen and oxygen atoms in total. The number of hydrogen-bond donors (Lipinski definition) is 2. The quantitative estimate of drug-likeness (QED) is 0.372. The lowest BCUT2D eigenvalue weighted by atomic mass is 10.1. The number of aromatic nitrogens is 2. The molecule has 1 aromatic heterocycles. The van der Waals surface area contributed by atoms with Crippen LogP contribution >= 0.6 is 24.0 Å². The summed E-state index contributed by atoms with van der Waals surface area (Å²) in [4.78, 5) is 4.63. The van der Waals surface area contributed by atoms with Crippen LogP contribution in [-0.4, -0.2) is 48.1 Å². The zero-order valence-electron chi connectivity index (χ0n) is 15.2. The first-order valence-electron chi connectivity index (χ1n) is 9.08. The lowest BCUT2D eigenvalue weighted by molar-refractivity contribution is 0.117. The summed E-state index contributed by atoms with van der Waals surface area (Å²) in [5, 5.41) is 10.9. The van der Waals surface area contributed by atoms with Gasteiger partial charge in [-0.15, -0.1) is 24.0 Å². The van der Waals surface area contributed by atoms with Crippen molar-refractivity contribution in [3.8, 4) is 5.69 Å². The van der Waals surface area contributed by atoms with Crippen LogP contribution < -0.4 is 10.6 Å². The Morgan fingerprint density at radius 2 is 2.15 bits per heavy atom. The first kappa shape index (κ1) is 20.7. The molecule has 2 aromatic rings. The summed E-state index contributed by atoms with van der Waals surface area (Å²) in [6.07, 6.45) is 7.23. The molecule has 1 atom stereocenters. The molecular formula is C19H28IN5O. The van der Waals surface area contributed by atoms with Crippen molar-refractivity contribution < 1.29 is 4.74 Å². The number of halogens is 1. The van der Waals surface area contributed by atoms with Crippen LogP contribution in [-0.2, 0) is 11.2 Å². The van der Waals surface area contributed by atoms with E-state index in [1.54, 1.807) is 6.20 Å². The first-order chi connectivity index (χ1) is 12.3. The molecule has 1 unspecified atom stereocenters. The monoisotopic (exact) mass is 469 g/mol. The van der Waals surface area contributed by atoms with Crippen LogP contribution in [0.25, 0.3) is 5.69 Å². The van der Waals surface area contributed by atoms with E-state index in [1.807, 2.05) is 16.9 Å². The zero-order valence-corrected chi connectivity index (χ0v) is 17.6. The van der Waals surface area contributed by atoms with Gasteiger partial charge in [-0.25, -0.2) is 4.68 Å². The van der Waals surface area contributed by atoms with Gasteiger partial charge in [0.05, 0.1) is 18.3 Å². The number of ether oxygens (including phenoxy) is 1. The van der Waals surface area contributed by atoms with E-state index < -0.39 is 0 Å². The van der Waals surface area contributed by atoms with E-state index >= 15 is 0 Å². The van der Waals surface area contributed by atoms with Crippen LogP contribution in [0.3, 0.4) is 0 Å². The van der Waals surface area contributed by atoms with Crippen LogP contribution in [0, 0.1) is 0 Å². The summed E-state index contributed by atoms with van der Waals surface area (Å²) in [5.41, 5.74) is 2.37. The van der Waals surface area contributed by atoms with Crippen LogP contribution in [0.15, 0.2) is 47.7 Å². The molecule has 0 spiro atoms. The molecule has 7 heteroatoms. The zero-order chi connectivity index (χ0) is 17.3. The van der Waals surface area contributed by atoms with Crippen LogP contribution in [0.4, 0.5) is 0 Å². The van der Waals surface area contributed by atoms with Gasteiger partial charge in [0.2, 0.25) is 0 Å². The molecule has 0 radical (unpaired) electrons. The fourth-order valence-corrected chi connectivity index (χ4v) is 2.89. The Kier molecular flexibility index (Phi) is 8.90. The summed E-state index contributed by atoms with van der Waals surface area (Å²) in [5.74, 6) is 0.867. The highest BCUT2D eigenvalue weighted by Gasteiger charge is 2.14. The van der Waals surface area contributed by atoms with Crippen molar-refractivity contribution in [2.75, 3.05) is 26.2 Å². The summed E-state index contributed by atoms with van der Waals surface area (Å²) in [6.45, 7) is 5.39.